The van der Waals surface area contributed by atoms with Crippen molar-refractivity contribution in [2.24, 2.45) is 0 Å². The van der Waals surface area contributed by atoms with Gasteiger partial charge >= 0.3 is 0 Å². The molecule has 2 amide bonds. The van der Waals surface area contributed by atoms with Crippen molar-refractivity contribution in [3.63, 3.8) is 0 Å². The smallest absolute Gasteiger partial charge is 0.265 e. The van der Waals surface area contributed by atoms with Crippen LogP contribution in [0.3, 0.4) is 0 Å². The Hall–Kier alpha value is -2.54. The SMILES string of the molecule is O=C1C2=C(CCCC2)S(=O)(=O)N1CSc1ccccc1.O=C1C2=C(CCCC2)S(=O)(=O)N1CSc1ccccc1. The van der Waals surface area contributed by atoms with E-state index in [1.807, 2.05) is 60.7 Å². The van der Waals surface area contributed by atoms with Crippen molar-refractivity contribution in [3.05, 3.63) is 81.6 Å². The minimum atomic E-state index is -3.56. The molecule has 2 heterocycles. The molecule has 0 unspecified atom stereocenters. The highest BCUT2D eigenvalue weighted by atomic mass is 32.2. The molecule has 0 aromatic heterocycles. The zero-order valence-electron chi connectivity index (χ0n) is 21.8. The highest BCUT2D eigenvalue weighted by molar-refractivity contribution is 8.01. The second kappa shape index (κ2) is 12.1. The summed E-state index contributed by atoms with van der Waals surface area (Å²) in [6, 6.07) is 19.0. The van der Waals surface area contributed by atoms with Crippen molar-refractivity contribution < 1.29 is 26.4 Å². The van der Waals surface area contributed by atoms with E-state index in [1.54, 1.807) is 0 Å². The second-order valence-electron chi connectivity index (χ2n) is 9.71. The summed E-state index contributed by atoms with van der Waals surface area (Å²) in [5.74, 6) is -0.331. The van der Waals surface area contributed by atoms with Crippen molar-refractivity contribution in [2.75, 3.05) is 11.8 Å². The van der Waals surface area contributed by atoms with Gasteiger partial charge in [0.15, 0.2) is 0 Å². The van der Waals surface area contributed by atoms with Gasteiger partial charge in [-0.15, -0.1) is 23.5 Å². The molecule has 212 valence electrons. The van der Waals surface area contributed by atoms with Crippen LogP contribution in [0.25, 0.3) is 0 Å². The van der Waals surface area contributed by atoms with E-state index in [0.717, 1.165) is 44.1 Å². The monoisotopic (exact) mass is 618 g/mol. The van der Waals surface area contributed by atoms with Gasteiger partial charge in [-0.25, -0.2) is 25.4 Å². The summed E-state index contributed by atoms with van der Waals surface area (Å²) < 4.78 is 51.6. The lowest BCUT2D eigenvalue weighted by Gasteiger charge is -2.15. The van der Waals surface area contributed by atoms with E-state index in [2.05, 4.69) is 0 Å². The molecule has 12 heteroatoms. The first-order valence-corrected chi connectivity index (χ1v) is 18.0. The van der Waals surface area contributed by atoms with Crippen molar-refractivity contribution in [2.45, 2.75) is 61.2 Å². The molecule has 0 radical (unpaired) electrons. The minimum Gasteiger partial charge on any atom is -0.268 e. The summed E-state index contributed by atoms with van der Waals surface area (Å²) in [5, 5.41) is 0. The van der Waals surface area contributed by atoms with Crippen LogP contribution in [-0.4, -0.2) is 49.0 Å². The van der Waals surface area contributed by atoms with E-state index in [9.17, 15) is 26.4 Å². The largest absolute Gasteiger partial charge is 0.268 e. The maximum atomic E-state index is 12.4. The van der Waals surface area contributed by atoms with Crippen molar-refractivity contribution in [1.82, 2.24) is 8.61 Å². The van der Waals surface area contributed by atoms with Crippen LogP contribution in [-0.2, 0) is 29.6 Å². The van der Waals surface area contributed by atoms with Crippen LogP contribution in [0.15, 0.2) is 91.4 Å². The van der Waals surface area contributed by atoms with E-state index in [0.29, 0.717) is 46.6 Å². The summed E-state index contributed by atoms with van der Waals surface area (Å²) in [6.45, 7) is 0. The van der Waals surface area contributed by atoms with Crippen LogP contribution in [0, 0.1) is 0 Å². The number of rotatable bonds is 6. The lowest BCUT2D eigenvalue weighted by Crippen LogP contribution is -2.31. The van der Waals surface area contributed by atoms with Gasteiger partial charge in [0.25, 0.3) is 31.9 Å². The summed E-state index contributed by atoms with van der Waals surface area (Å²) in [5.41, 5.74) is 1.04. The number of nitrogens with zero attached hydrogens (tertiary/aromatic N) is 2. The molecule has 2 aliphatic carbocycles. The number of carbonyl (C=O) groups is 2. The molecule has 40 heavy (non-hydrogen) atoms. The maximum absolute atomic E-state index is 12.4. The lowest BCUT2D eigenvalue weighted by atomic mass is 9.99. The van der Waals surface area contributed by atoms with Gasteiger partial charge in [-0.05, 0) is 75.6 Å². The van der Waals surface area contributed by atoms with Crippen LogP contribution in [0.1, 0.15) is 51.4 Å². The number of allylic oxidation sites excluding steroid dienone is 2. The quantitative estimate of drug-likeness (QED) is 0.392. The van der Waals surface area contributed by atoms with Gasteiger partial charge < -0.3 is 0 Å². The van der Waals surface area contributed by atoms with Crippen LogP contribution >= 0.6 is 23.5 Å². The first-order chi connectivity index (χ1) is 19.2. The molecule has 2 aromatic rings. The number of hydrogen-bond donors (Lipinski definition) is 0. The highest BCUT2D eigenvalue weighted by Gasteiger charge is 2.44. The van der Waals surface area contributed by atoms with Crippen molar-refractivity contribution in [1.29, 1.82) is 0 Å². The number of benzene rings is 2. The van der Waals surface area contributed by atoms with Gasteiger partial charge in [0.2, 0.25) is 0 Å². The highest BCUT2D eigenvalue weighted by Crippen LogP contribution is 2.40. The Bertz CT molecular complexity index is 1450. The molecular formula is C28H30N2O6S4. The third-order valence-corrected chi connectivity index (χ3v) is 13.4. The molecule has 0 N–H and O–H groups in total. The Morgan fingerprint density at radius 3 is 1.25 bits per heavy atom. The standard InChI is InChI=1S/2C14H15NO3S2/c2*16-14-12-8-4-5-9-13(12)20(17,18)15(14)10-19-11-6-2-1-3-7-11/h2*1-3,6-7H,4-5,8-10H2. The molecule has 0 fully saturated rings. The van der Waals surface area contributed by atoms with Gasteiger partial charge in [0, 0.05) is 20.9 Å². The first-order valence-electron chi connectivity index (χ1n) is 13.1. The average Bonchev–Trinajstić information content (AvgIpc) is 3.29. The predicted octanol–water partition coefficient (Wildman–Crippen LogP) is 5.47. The Morgan fingerprint density at radius 1 is 0.550 bits per heavy atom. The van der Waals surface area contributed by atoms with Gasteiger partial charge in [-0.3, -0.25) is 9.59 Å². The molecule has 0 spiro atoms. The van der Waals surface area contributed by atoms with Crippen molar-refractivity contribution in [3.8, 4) is 0 Å². The number of thioether (sulfide) groups is 2. The third kappa shape index (κ3) is 5.77. The van der Waals surface area contributed by atoms with E-state index in [4.69, 9.17) is 0 Å². The molecule has 6 rings (SSSR count). The van der Waals surface area contributed by atoms with Crippen molar-refractivity contribution >= 4 is 55.4 Å². The molecule has 4 aliphatic rings. The molecule has 0 saturated heterocycles. The molecule has 0 saturated carbocycles. The molecule has 2 aliphatic heterocycles. The second-order valence-corrected chi connectivity index (χ2v) is 15.5. The van der Waals surface area contributed by atoms with Gasteiger partial charge in [0.05, 0.1) is 21.6 Å². The molecule has 0 atom stereocenters. The minimum absolute atomic E-state index is 0.151. The predicted molar refractivity (Wildman–Crippen MR) is 157 cm³/mol. The van der Waals surface area contributed by atoms with Gasteiger partial charge in [0.1, 0.15) is 0 Å². The average molecular weight is 619 g/mol. The summed E-state index contributed by atoms with van der Waals surface area (Å²) in [4.78, 5) is 27.1. The fraction of sp³-hybridized carbons (Fsp3) is 0.357. The summed E-state index contributed by atoms with van der Waals surface area (Å²) in [7, 11) is -7.13. The topological polar surface area (TPSA) is 109 Å². The Kier molecular flexibility index (Phi) is 8.79. The third-order valence-electron chi connectivity index (χ3n) is 7.19. The number of sulfonamides is 2. The molecule has 2 aromatic carbocycles. The number of carbonyl (C=O) groups excluding carboxylic acids is 2. The number of amides is 2. The Balaban J connectivity index is 0.000000161. The van der Waals surface area contributed by atoms with E-state index in [-0.39, 0.29) is 23.6 Å². The zero-order valence-corrected chi connectivity index (χ0v) is 25.1. The fourth-order valence-electron chi connectivity index (χ4n) is 5.12. The van der Waals surface area contributed by atoms with E-state index in [1.165, 1.54) is 23.5 Å². The normalized spacial score (nSPS) is 21.2. The summed E-state index contributed by atoms with van der Waals surface area (Å²) >= 11 is 2.74. The van der Waals surface area contributed by atoms with Crippen LogP contribution in [0.5, 0.6) is 0 Å². The Morgan fingerprint density at radius 2 is 0.900 bits per heavy atom. The Labute approximate surface area is 244 Å². The van der Waals surface area contributed by atoms with Crippen LogP contribution in [0.2, 0.25) is 0 Å². The number of hydrogen-bond acceptors (Lipinski definition) is 8. The van der Waals surface area contributed by atoms with Crippen LogP contribution < -0.4 is 0 Å². The van der Waals surface area contributed by atoms with Crippen LogP contribution in [0.4, 0.5) is 0 Å². The van der Waals surface area contributed by atoms with E-state index < -0.39 is 20.0 Å². The lowest BCUT2D eigenvalue weighted by molar-refractivity contribution is -0.122. The van der Waals surface area contributed by atoms with E-state index >= 15 is 0 Å². The summed E-state index contributed by atoms with van der Waals surface area (Å²) in [6.07, 6.45) is 5.72. The molecule has 0 bridgehead atoms. The van der Waals surface area contributed by atoms with Gasteiger partial charge in [-0.1, -0.05) is 36.4 Å². The maximum Gasteiger partial charge on any atom is 0.265 e. The fourth-order valence-corrected chi connectivity index (χ4v) is 11.0. The zero-order chi connectivity index (χ0) is 28.3. The van der Waals surface area contributed by atoms with Gasteiger partial charge in [-0.2, -0.15) is 0 Å². The molecular weight excluding hydrogens is 589 g/mol. The first kappa shape index (κ1) is 29.0. The molecule has 8 nitrogen and oxygen atoms in total.